The van der Waals surface area contributed by atoms with Crippen molar-refractivity contribution in [3.8, 4) is 0 Å². The highest BCUT2D eigenvalue weighted by Gasteiger charge is 2.28. The third kappa shape index (κ3) is 1.74. The second-order valence-electron chi connectivity index (χ2n) is 3.62. The SMILES string of the molecule is Nc1ncnc2c1ncn2[C@H]1CS[C@H](CO)O1. The Balaban J connectivity index is 1.99. The molecule has 17 heavy (non-hydrogen) atoms. The van der Waals surface area contributed by atoms with E-state index in [1.54, 1.807) is 18.1 Å². The van der Waals surface area contributed by atoms with Crippen LogP contribution in [0.3, 0.4) is 0 Å². The normalized spacial score (nSPS) is 24.5. The smallest absolute Gasteiger partial charge is 0.167 e. The van der Waals surface area contributed by atoms with Crippen LogP contribution in [0.1, 0.15) is 6.23 Å². The first-order chi connectivity index (χ1) is 8.29. The molecule has 3 heterocycles. The summed E-state index contributed by atoms with van der Waals surface area (Å²) in [5.74, 6) is 1.11. The largest absolute Gasteiger partial charge is 0.393 e. The molecule has 0 bridgehead atoms. The number of anilines is 1. The van der Waals surface area contributed by atoms with Crippen molar-refractivity contribution in [3.63, 3.8) is 0 Å². The highest BCUT2D eigenvalue weighted by molar-refractivity contribution is 8.00. The van der Waals surface area contributed by atoms with Crippen molar-refractivity contribution >= 4 is 28.7 Å². The van der Waals surface area contributed by atoms with Crippen LogP contribution in [-0.2, 0) is 4.74 Å². The van der Waals surface area contributed by atoms with Gasteiger partial charge in [0.25, 0.3) is 0 Å². The van der Waals surface area contributed by atoms with Crippen molar-refractivity contribution in [2.24, 2.45) is 0 Å². The second kappa shape index (κ2) is 4.13. The molecular weight excluding hydrogens is 242 g/mol. The Hall–Kier alpha value is -1.38. The second-order valence-corrected chi connectivity index (χ2v) is 4.81. The number of ether oxygens (including phenoxy) is 1. The minimum absolute atomic E-state index is 0.00488. The molecule has 0 aromatic carbocycles. The number of fused-ring (bicyclic) bond motifs is 1. The Morgan fingerprint density at radius 2 is 2.41 bits per heavy atom. The molecule has 0 radical (unpaired) electrons. The molecular formula is C9H11N5O2S. The number of nitrogens with two attached hydrogens (primary N) is 1. The van der Waals surface area contributed by atoms with Crippen LogP contribution in [0.25, 0.3) is 11.2 Å². The number of nitrogens with zero attached hydrogens (tertiary/aromatic N) is 4. The predicted molar refractivity (Wildman–Crippen MR) is 63.2 cm³/mol. The Morgan fingerprint density at radius 3 is 3.18 bits per heavy atom. The lowest BCUT2D eigenvalue weighted by Crippen LogP contribution is -2.14. The summed E-state index contributed by atoms with van der Waals surface area (Å²) in [4.78, 5) is 12.2. The molecule has 7 nitrogen and oxygen atoms in total. The van der Waals surface area contributed by atoms with Gasteiger partial charge >= 0.3 is 0 Å². The molecule has 1 aliphatic heterocycles. The van der Waals surface area contributed by atoms with Gasteiger partial charge in [0, 0.05) is 5.75 Å². The molecule has 2 aromatic heterocycles. The van der Waals surface area contributed by atoms with Crippen LogP contribution < -0.4 is 5.73 Å². The van der Waals surface area contributed by atoms with E-state index in [2.05, 4.69) is 15.0 Å². The minimum Gasteiger partial charge on any atom is -0.393 e. The van der Waals surface area contributed by atoms with Gasteiger partial charge in [0.1, 0.15) is 23.5 Å². The Morgan fingerprint density at radius 1 is 1.53 bits per heavy atom. The van der Waals surface area contributed by atoms with Gasteiger partial charge in [0.05, 0.1) is 12.9 Å². The molecule has 3 rings (SSSR count). The van der Waals surface area contributed by atoms with E-state index in [4.69, 9.17) is 15.6 Å². The summed E-state index contributed by atoms with van der Waals surface area (Å²) < 4.78 is 7.45. The van der Waals surface area contributed by atoms with E-state index in [1.807, 2.05) is 4.57 Å². The fourth-order valence-corrected chi connectivity index (χ4v) is 2.70. The van der Waals surface area contributed by atoms with Crippen LogP contribution in [0.4, 0.5) is 5.82 Å². The van der Waals surface area contributed by atoms with Gasteiger partial charge in [0.2, 0.25) is 0 Å². The Bertz CT molecular complexity index is 545. The van der Waals surface area contributed by atoms with Crippen molar-refractivity contribution in [2.45, 2.75) is 11.7 Å². The van der Waals surface area contributed by atoms with E-state index in [1.165, 1.54) is 6.33 Å². The summed E-state index contributed by atoms with van der Waals surface area (Å²) in [7, 11) is 0. The monoisotopic (exact) mass is 253 g/mol. The zero-order valence-corrected chi connectivity index (χ0v) is 9.67. The lowest BCUT2D eigenvalue weighted by molar-refractivity contribution is -0.00190. The van der Waals surface area contributed by atoms with Crippen LogP contribution >= 0.6 is 11.8 Å². The lowest BCUT2D eigenvalue weighted by Gasteiger charge is -2.12. The minimum atomic E-state index is -0.184. The van der Waals surface area contributed by atoms with E-state index in [0.717, 1.165) is 5.75 Å². The third-order valence-corrected chi connectivity index (χ3v) is 3.69. The summed E-state index contributed by atoms with van der Waals surface area (Å²) in [5.41, 5.74) is 6.76. The molecule has 0 saturated carbocycles. The van der Waals surface area contributed by atoms with Gasteiger partial charge in [-0.05, 0) is 0 Å². The molecule has 0 amide bonds. The number of rotatable bonds is 2. The number of hydrogen-bond donors (Lipinski definition) is 2. The summed E-state index contributed by atoms with van der Waals surface area (Å²) in [6.45, 7) is 0.00488. The average Bonchev–Trinajstić information content (AvgIpc) is 2.94. The highest BCUT2D eigenvalue weighted by atomic mass is 32.2. The van der Waals surface area contributed by atoms with Crippen molar-refractivity contribution in [2.75, 3.05) is 18.1 Å². The number of aliphatic hydroxyl groups is 1. The molecule has 3 N–H and O–H groups in total. The number of hydrogen-bond acceptors (Lipinski definition) is 7. The molecule has 2 aromatic rings. The van der Waals surface area contributed by atoms with Crippen LogP contribution in [0, 0.1) is 0 Å². The number of aliphatic hydroxyl groups excluding tert-OH is 1. The lowest BCUT2D eigenvalue weighted by atomic mass is 10.5. The standard InChI is InChI=1S/C9H11N5O2S/c10-8-7-9(12-3-11-8)14(4-13-7)5-2-17-6(1-15)16-5/h3-6,15H,1-2H2,(H2,10,11,12)/t5-,6-/m1/s1. The summed E-state index contributed by atoms with van der Waals surface area (Å²) in [6.07, 6.45) is 2.87. The zero-order valence-electron chi connectivity index (χ0n) is 8.85. The van der Waals surface area contributed by atoms with Crippen LogP contribution in [-0.4, -0.2) is 42.4 Å². The average molecular weight is 253 g/mol. The predicted octanol–water partition coefficient (Wildman–Crippen LogP) is -0.0111. The Kier molecular flexibility index (Phi) is 2.61. The van der Waals surface area contributed by atoms with Gasteiger partial charge < -0.3 is 15.6 Å². The maximum atomic E-state index is 9.02. The van der Waals surface area contributed by atoms with Crippen molar-refractivity contribution in [3.05, 3.63) is 12.7 Å². The first-order valence-electron chi connectivity index (χ1n) is 5.10. The molecule has 1 fully saturated rings. The quantitative estimate of drug-likeness (QED) is 0.776. The van der Waals surface area contributed by atoms with Crippen molar-refractivity contribution in [1.82, 2.24) is 19.5 Å². The third-order valence-electron chi connectivity index (χ3n) is 2.58. The molecule has 90 valence electrons. The maximum absolute atomic E-state index is 9.02. The zero-order chi connectivity index (χ0) is 11.8. The molecule has 2 atom stereocenters. The van der Waals surface area contributed by atoms with Gasteiger partial charge in [-0.1, -0.05) is 0 Å². The molecule has 8 heteroatoms. The van der Waals surface area contributed by atoms with Crippen LogP contribution in [0.5, 0.6) is 0 Å². The van der Waals surface area contributed by atoms with E-state index < -0.39 is 0 Å². The first kappa shape index (κ1) is 10.8. The van der Waals surface area contributed by atoms with Gasteiger partial charge in [-0.15, -0.1) is 11.8 Å². The molecule has 0 spiro atoms. The fraction of sp³-hybridized carbons (Fsp3) is 0.444. The maximum Gasteiger partial charge on any atom is 0.167 e. The molecule has 0 aliphatic carbocycles. The molecule has 1 saturated heterocycles. The number of aromatic nitrogens is 4. The van der Waals surface area contributed by atoms with Crippen LogP contribution in [0.15, 0.2) is 12.7 Å². The number of thioether (sulfide) groups is 1. The molecule has 0 unspecified atom stereocenters. The van der Waals surface area contributed by atoms with Gasteiger partial charge in [-0.25, -0.2) is 15.0 Å². The van der Waals surface area contributed by atoms with E-state index in [0.29, 0.717) is 17.0 Å². The van der Waals surface area contributed by atoms with Gasteiger partial charge in [-0.2, -0.15) is 0 Å². The number of nitrogen functional groups attached to an aromatic ring is 1. The van der Waals surface area contributed by atoms with E-state index in [-0.39, 0.29) is 18.3 Å². The summed E-state index contributed by atoms with van der Waals surface area (Å²) >= 11 is 1.57. The topological polar surface area (TPSA) is 99.1 Å². The Labute approximate surface area is 101 Å². The van der Waals surface area contributed by atoms with Crippen molar-refractivity contribution < 1.29 is 9.84 Å². The van der Waals surface area contributed by atoms with Crippen molar-refractivity contribution in [1.29, 1.82) is 0 Å². The van der Waals surface area contributed by atoms with Gasteiger partial charge in [-0.3, -0.25) is 4.57 Å². The number of imidazole rings is 1. The highest BCUT2D eigenvalue weighted by Crippen LogP contribution is 2.33. The molecule has 1 aliphatic rings. The summed E-state index contributed by atoms with van der Waals surface area (Å²) in [6, 6.07) is 0. The van der Waals surface area contributed by atoms with E-state index in [9.17, 15) is 0 Å². The first-order valence-corrected chi connectivity index (χ1v) is 6.15. The fourth-order valence-electron chi connectivity index (χ4n) is 1.77. The summed E-state index contributed by atoms with van der Waals surface area (Å²) in [5, 5.41) is 9.02. The van der Waals surface area contributed by atoms with Crippen LogP contribution in [0.2, 0.25) is 0 Å². The van der Waals surface area contributed by atoms with Gasteiger partial charge in [0.15, 0.2) is 11.5 Å². The van der Waals surface area contributed by atoms with E-state index >= 15 is 0 Å².